The van der Waals surface area contributed by atoms with Crippen molar-refractivity contribution >= 4 is 23.3 Å². The summed E-state index contributed by atoms with van der Waals surface area (Å²) < 4.78 is 4.83. The van der Waals surface area contributed by atoms with Crippen molar-refractivity contribution in [2.45, 2.75) is 13.0 Å². The summed E-state index contributed by atoms with van der Waals surface area (Å²) in [7, 11) is 1.54. The van der Waals surface area contributed by atoms with Crippen LogP contribution < -0.4 is 16.4 Å². The van der Waals surface area contributed by atoms with Crippen LogP contribution in [0.1, 0.15) is 17.3 Å². The zero-order chi connectivity index (χ0) is 15.1. The molecule has 0 aliphatic carbocycles. The maximum atomic E-state index is 11.8. The van der Waals surface area contributed by atoms with E-state index in [-0.39, 0.29) is 11.5 Å². The van der Waals surface area contributed by atoms with Crippen molar-refractivity contribution in [3.05, 3.63) is 23.8 Å². The quantitative estimate of drug-likeness (QED) is 0.428. The zero-order valence-electron chi connectivity index (χ0n) is 11.5. The molecule has 0 fully saturated rings. The van der Waals surface area contributed by atoms with Gasteiger partial charge in [-0.25, -0.2) is 4.79 Å². The van der Waals surface area contributed by atoms with Gasteiger partial charge in [0, 0.05) is 25.0 Å². The highest BCUT2D eigenvalue weighted by Crippen LogP contribution is 2.19. The summed E-state index contributed by atoms with van der Waals surface area (Å²) in [5.41, 5.74) is 6.28. The number of nitrogens with one attached hydrogen (secondary N) is 2. The number of carbonyl (C=O) groups is 2. The number of carboxylic acid groups (broad SMARTS) is 1. The summed E-state index contributed by atoms with van der Waals surface area (Å²) in [6.07, 6.45) is 0. The lowest BCUT2D eigenvalue weighted by atomic mass is 10.1. The molecule has 0 saturated carbocycles. The average Bonchev–Trinajstić information content (AvgIpc) is 2.40. The molecule has 1 aromatic rings. The Hall–Kier alpha value is -2.28. The molecule has 1 rings (SSSR count). The number of hydrogen-bond acceptors (Lipinski definition) is 5. The van der Waals surface area contributed by atoms with E-state index in [4.69, 9.17) is 15.6 Å². The topological polar surface area (TPSA) is 114 Å². The summed E-state index contributed by atoms with van der Waals surface area (Å²) in [4.78, 5) is 22.9. The fourth-order valence-electron chi connectivity index (χ4n) is 1.59. The largest absolute Gasteiger partial charge is 0.478 e. The number of carbonyl (C=O) groups excluding carboxylic acids is 1. The van der Waals surface area contributed by atoms with E-state index in [1.54, 1.807) is 20.1 Å². The van der Waals surface area contributed by atoms with E-state index in [0.717, 1.165) is 0 Å². The number of rotatable bonds is 7. The molecule has 7 nitrogen and oxygen atoms in total. The van der Waals surface area contributed by atoms with E-state index in [2.05, 4.69) is 10.6 Å². The predicted octanol–water partition coefficient (Wildman–Crippen LogP) is 0.530. The highest BCUT2D eigenvalue weighted by molar-refractivity contribution is 5.96. The Morgan fingerprint density at radius 3 is 2.75 bits per heavy atom. The second kappa shape index (κ2) is 7.34. The standard InChI is InChI=1S/C13H19N3O4/c1-8(12(17)15-5-6-20-2)16-11-4-3-9(14)7-10(11)13(18)19/h3-4,7-8,16H,5-6,14H2,1-2H3,(H,15,17)(H,18,19). The molecule has 7 heteroatoms. The van der Waals surface area contributed by atoms with Crippen LogP contribution in [0.3, 0.4) is 0 Å². The maximum absolute atomic E-state index is 11.8. The number of carboxylic acids is 1. The number of benzene rings is 1. The van der Waals surface area contributed by atoms with Gasteiger partial charge in [0.1, 0.15) is 6.04 Å². The minimum atomic E-state index is -1.10. The van der Waals surface area contributed by atoms with Crippen LogP contribution in [0.15, 0.2) is 18.2 Å². The van der Waals surface area contributed by atoms with Crippen LogP contribution in [0.2, 0.25) is 0 Å². The lowest BCUT2D eigenvalue weighted by molar-refractivity contribution is -0.121. The van der Waals surface area contributed by atoms with Crippen molar-refractivity contribution in [3.63, 3.8) is 0 Å². The molecule has 0 saturated heterocycles. The van der Waals surface area contributed by atoms with E-state index in [1.807, 2.05) is 0 Å². The highest BCUT2D eigenvalue weighted by atomic mass is 16.5. The Balaban J connectivity index is 2.72. The number of anilines is 2. The molecular formula is C13H19N3O4. The summed E-state index contributed by atoms with van der Waals surface area (Å²) >= 11 is 0. The Morgan fingerprint density at radius 2 is 2.15 bits per heavy atom. The highest BCUT2D eigenvalue weighted by Gasteiger charge is 2.16. The number of nitrogens with two attached hydrogens (primary N) is 1. The first-order chi connectivity index (χ1) is 9.45. The van der Waals surface area contributed by atoms with Gasteiger partial charge in [-0.3, -0.25) is 4.79 Å². The van der Waals surface area contributed by atoms with E-state index < -0.39 is 12.0 Å². The third-order valence-corrected chi connectivity index (χ3v) is 2.64. The number of hydrogen-bond donors (Lipinski definition) is 4. The third-order valence-electron chi connectivity index (χ3n) is 2.64. The second-order valence-electron chi connectivity index (χ2n) is 4.26. The summed E-state index contributed by atoms with van der Waals surface area (Å²) in [5, 5.41) is 14.6. The molecule has 1 aromatic carbocycles. The first-order valence-electron chi connectivity index (χ1n) is 6.11. The lowest BCUT2D eigenvalue weighted by Gasteiger charge is -2.17. The van der Waals surface area contributed by atoms with E-state index in [1.165, 1.54) is 12.1 Å². The summed E-state index contributed by atoms with van der Waals surface area (Å²) in [5.74, 6) is -1.35. The summed E-state index contributed by atoms with van der Waals surface area (Å²) in [6.45, 7) is 2.46. The van der Waals surface area contributed by atoms with Crippen LogP contribution >= 0.6 is 0 Å². The van der Waals surface area contributed by atoms with Gasteiger partial charge in [-0.05, 0) is 25.1 Å². The Labute approximate surface area is 117 Å². The molecule has 0 heterocycles. The minimum Gasteiger partial charge on any atom is -0.478 e. The molecule has 0 bridgehead atoms. The van der Waals surface area contributed by atoms with E-state index in [0.29, 0.717) is 24.5 Å². The van der Waals surface area contributed by atoms with Crippen LogP contribution in [0, 0.1) is 0 Å². The second-order valence-corrected chi connectivity index (χ2v) is 4.26. The molecule has 1 atom stereocenters. The molecule has 0 aromatic heterocycles. The summed E-state index contributed by atoms with van der Waals surface area (Å²) in [6, 6.07) is 3.89. The van der Waals surface area contributed by atoms with Crippen molar-refractivity contribution in [2.24, 2.45) is 0 Å². The predicted molar refractivity (Wildman–Crippen MR) is 75.8 cm³/mol. The molecule has 110 valence electrons. The van der Waals surface area contributed by atoms with Gasteiger partial charge in [0.25, 0.3) is 0 Å². The zero-order valence-corrected chi connectivity index (χ0v) is 11.5. The van der Waals surface area contributed by atoms with Crippen molar-refractivity contribution in [1.82, 2.24) is 5.32 Å². The molecule has 20 heavy (non-hydrogen) atoms. The Kier molecular flexibility index (Phi) is 5.79. The fraction of sp³-hybridized carbons (Fsp3) is 0.385. The first-order valence-corrected chi connectivity index (χ1v) is 6.11. The number of aromatic carboxylic acids is 1. The van der Waals surface area contributed by atoms with Gasteiger partial charge >= 0.3 is 5.97 Å². The number of ether oxygens (including phenoxy) is 1. The van der Waals surface area contributed by atoms with E-state index in [9.17, 15) is 9.59 Å². The van der Waals surface area contributed by atoms with Gasteiger partial charge in [0.15, 0.2) is 0 Å². The Morgan fingerprint density at radius 1 is 1.45 bits per heavy atom. The fourth-order valence-corrected chi connectivity index (χ4v) is 1.59. The Bertz CT molecular complexity index is 491. The smallest absolute Gasteiger partial charge is 0.337 e. The molecule has 0 aliphatic rings. The molecule has 0 radical (unpaired) electrons. The third kappa shape index (κ3) is 4.43. The number of amides is 1. The van der Waals surface area contributed by atoms with Crippen LogP contribution in [-0.2, 0) is 9.53 Å². The van der Waals surface area contributed by atoms with Gasteiger partial charge in [-0.2, -0.15) is 0 Å². The van der Waals surface area contributed by atoms with Crippen molar-refractivity contribution in [3.8, 4) is 0 Å². The van der Waals surface area contributed by atoms with E-state index >= 15 is 0 Å². The minimum absolute atomic E-state index is 0.0292. The SMILES string of the molecule is COCCNC(=O)C(C)Nc1ccc(N)cc1C(=O)O. The molecule has 0 spiro atoms. The number of methoxy groups -OCH3 is 1. The maximum Gasteiger partial charge on any atom is 0.337 e. The normalized spacial score (nSPS) is 11.7. The van der Waals surface area contributed by atoms with Gasteiger partial charge in [-0.15, -0.1) is 0 Å². The van der Waals surface area contributed by atoms with Gasteiger partial charge in [0.05, 0.1) is 12.2 Å². The van der Waals surface area contributed by atoms with Gasteiger partial charge in [0.2, 0.25) is 5.91 Å². The first kappa shape index (κ1) is 15.8. The lowest BCUT2D eigenvalue weighted by Crippen LogP contribution is -2.39. The van der Waals surface area contributed by atoms with Crippen LogP contribution in [0.25, 0.3) is 0 Å². The molecule has 1 amide bonds. The van der Waals surface area contributed by atoms with Gasteiger partial charge < -0.3 is 26.2 Å². The molecule has 0 aliphatic heterocycles. The van der Waals surface area contributed by atoms with Crippen molar-refractivity contribution < 1.29 is 19.4 Å². The van der Waals surface area contributed by atoms with Crippen LogP contribution in [0.5, 0.6) is 0 Å². The van der Waals surface area contributed by atoms with Crippen LogP contribution in [-0.4, -0.2) is 43.3 Å². The van der Waals surface area contributed by atoms with Crippen molar-refractivity contribution in [2.75, 3.05) is 31.3 Å². The molecular weight excluding hydrogens is 262 g/mol. The van der Waals surface area contributed by atoms with Crippen molar-refractivity contribution in [1.29, 1.82) is 0 Å². The number of nitrogen functional groups attached to an aromatic ring is 1. The monoisotopic (exact) mass is 281 g/mol. The average molecular weight is 281 g/mol. The van der Waals surface area contributed by atoms with Crippen LogP contribution in [0.4, 0.5) is 11.4 Å². The molecule has 5 N–H and O–H groups in total. The molecule has 1 unspecified atom stereocenters. The van der Waals surface area contributed by atoms with Gasteiger partial charge in [-0.1, -0.05) is 0 Å².